The number of methoxy groups -OCH3 is 1. The summed E-state index contributed by atoms with van der Waals surface area (Å²) in [6.45, 7) is 0. The fourth-order valence-corrected chi connectivity index (χ4v) is 2.43. The maximum absolute atomic E-state index is 12.0. The molecule has 1 aliphatic carbocycles. The molecule has 0 bridgehead atoms. The minimum absolute atomic E-state index is 0.193. The molecule has 1 aliphatic rings. The van der Waals surface area contributed by atoms with E-state index in [1.54, 1.807) is 6.20 Å². The van der Waals surface area contributed by atoms with E-state index >= 15 is 0 Å². The average molecular weight is 284 g/mol. The molecule has 1 aromatic rings. The normalized spacial score (nSPS) is 19.1. The van der Waals surface area contributed by atoms with Crippen LogP contribution in [0.4, 0.5) is 0 Å². The summed E-state index contributed by atoms with van der Waals surface area (Å²) in [6.07, 6.45) is 4.35. The molecular weight excluding hydrogens is 274 g/mol. The van der Waals surface area contributed by atoms with Gasteiger partial charge in [0.15, 0.2) is 5.78 Å². The first-order valence-corrected chi connectivity index (χ1v) is 5.69. The number of Topliss-reactive ketones (excluding diaryl/α,β-unsaturated/α-hetero) is 1. The topological polar surface area (TPSA) is 56.3 Å². The highest BCUT2D eigenvalue weighted by molar-refractivity contribution is 9.10. The number of nitrogens with zero attached hydrogens (tertiary/aromatic N) is 1. The van der Waals surface area contributed by atoms with Crippen LogP contribution < -0.4 is 0 Å². The number of pyridine rings is 1. The van der Waals surface area contributed by atoms with Crippen molar-refractivity contribution in [1.29, 1.82) is 0 Å². The zero-order valence-corrected chi connectivity index (χ0v) is 10.3. The number of ether oxygens (including phenoxy) is 1. The van der Waals surface area contributed by atoms with Gasteiger partial charge in [0.1, 0.15) is 5.92 Å². The molecule has 0 amide bonds. The van der Waals surface area contributed by atoms with Crippen LogP contribution in [0.25, 0.3) is 0 Å². The van der Waals surface area contributed by atoms with E-state index < -0.39 is 11.9 Å². The Balaban J connectivity index is 2.40. The quantitative estimate of drug-likeness (QED) is 0.582. The van der Waals surface area contributed by atoms with Gasteiger partial charge in [0, 0.05) is 22.4 Å². The molecule has 1 aromatic heterocycles. The summed E-state index contributed by atoms with van der Waals surface area (Å²) in [7, 11) is 1.30. The third kappa shape index (κ3) is 1.75. The molecule has 4 nitrogen and oxygen atoms in total. The Kier molecular flexibility index (Phi) is 3.05. The number of ketones is 1. The summed E-state index contributed by atoms with van der Waals surface area (Å²) in [5.74, 6) is -1.33. The molecule has 0 saturated heterocycles. The summed E-state index contributed by atoms with van der Waals surface area (Å²) in [5, 5.41) is 0. The fraction of sp³-hybridized carbons (Fsp3) is 0.364. The molecular formula is C11H10BrNO3. The Bertz CT molecular complexity index is 459. The van der Waals surface area contributed by atoms with Crippen molar-refractivity contribution in [3.63, 3.8) is 0 Å². The summed E-state index contributed by atoms with van der Waals surface area (Å²) in [5.41, 5.74) is 1.45. The van der Waals surface area contributed by atoms with E-state index in [0.29, 0.717) is 18.4 Å². The number of halogens is 1. The van der Waals surface area contributed by atoms with Crippen LogP contribution in [0.5, 0.6) is 0 Å². The number of carbonyl (C=O) groups is 2. The number of carbonyl (C=O) groups excluding carboxylic acids is 2. The van der Waals surface area contributed by atoms with Gasteiger partial charge in [-0.3, -0.25) is 14.6 Å². The van der Waals surface area contributed by atoms with E-state index in [0.717, 1.165) is 10.0 Å². The van der Waals surface area contributed by atoms with E-state index in [1.807, 2.05) is 0 Å². The smallest absolute Gasteiger partial charge is 0.316 e. The predicted octanol–water partition coefficient (Wildman–Crippen LogP) is 1.76. The molecule has 5 heteroatoms. The lowest BCUT2D eigenvalue weighted by atomic mass is 9.84. The van der Waals surface area contributed by atoms with E-state index in [9.17, 15) is 9.59 Å². The zero-order chi connectivity index (χ0) is 11.7. The summed E-state index contributed by atoms with van der Waals surface area (Å²) >= 11 is 3.35. The van der Waals surface area contributed by atoms with Gasteiger partial charge in [-0.1, -0.05) is 0 Å². The summed E-state index contributed by atoms with van der Waals surface area (Å²) < 4.78 is 5.43. The summed E-state index contributed by atoms with van der Waals surface area (Å²) in [4.78, 5) is 27.4. The highest BCUT2D eigenvalue weighted by Crippen LogP contribution is 2.30. The van der Waals surface area contributed by atoms with Gasteiger partial charge in [0.05, 0.1) is 7.11 Å². The van der Waals surface area contributed by atoms with Gasteiger partial charge in [-0.15, -0.1) is 0 Å². The summed E-state index contributed by atoms with van der Waals surface area (Å²) in [6, 6.07) is 0. The second-order valence-electron chi connectivity index (χ2n) is 3.63. The van der Waals surface area contributed by atoms with E-state index in [1.165, 1.54) is 13.3 Å². The minimum Gasteiger partial charge on any atom is -0.468 e. The lowest BCUT2D eigenvalue weighted by Crippen LogP contribution is -2.30. The monoisotopic (exact) mass is 283 g/mol. The molecule has 0 aliphatic heterocycles. The van der Waals surface area contributed by atoms with Gasteiger partial charge in [-0.05, 0) is 34.3 Å². The number of rotatable bonds is 1. The van der Waals surface area contributed by atoms with Gasteiger partial charge in [0.25, 0.3) is 0 Å². The lowest BCUT2D eigenvalue weighted by molar-refractivity contribution is -0.143. The van der Waals surface area contributed by atoms with Crippen LogP contribution in [0.1, 0.15) is 22.3 Å². The lowest BCUT2D eigenvalue weighted by Gasteiger charge is -2.21. The molecule has 1 unspecified atom stereocenters. The maximum Gasteiger partial charge on any atom is 0.316 e. The van der Waals surface area contributed by atoms with Gasteiger partial charge in [-0.2, -0.15) is 0 Å². The maximum atomic E-state index is 12.0. The van der Waals surface area contributed by atoms with E-state index in [4.69, 9.17) is 0 Å². The predicted molar refractivity (Wildman–Crippen MR) is 60.1 cm³/mol. The molecule has 0 aromatic carbocycles. The van der Waals surface area contributed by atoms with Crippen molar-refractivity contribution in [1.82, 2.24) is 4.98 Å². The third-order valence-corrected chi connectivity index (χ3v) is 3.44. The Labute approximate surface area is 101 Å². The minimum atomic E-state index is -0.673. The van der Waals surface area contributed by atoms with Crippen LogP contribution in [-0.4, -0.2) is 23.8 Å². The molecule has 0 radical (unpaired) electrons. The van der Waals surface area contributed by atoms with Crippen LogP contribution in [0, 0.1) is 5.92 Å². The van der Waals surface area contributed by atoms with Gasteiger partial charge >= 0.3 is 5.97 Å². The zero-order valence-electron chi connectivity index (χ0n) is 8.70. The van der Waals surface area contributed by atoms with Crippen LogP contribution in [0.15, 0.2) is 16.9 Å². The Morgan fingerprint density at radius 3 is 3.00 bits per heavy atom. The van der Waals surface area contributed by atoms with Crippen molar-refractivity contribution in [2.45, 2.75) is 12.8 Å². The highest BCUT2D eigenvalue weighted by atomic mass is 79.9. The second kappa shape index (κ2) is 4.33. The van der Waals surface area contributed by atoms with Crippen molar-refractivity contribution >= 4 is 27.7 Å². The molecule has 16 heavy (non-hydrogen) atoms. The molecule has 84 valence electrons. The number of hydrogen-bond donors (Lipinski definition) is 0. The van der Waals surface area contributed by atoms with Gasteiger partial charge in [-0.25, -0.2) is 0 Å². The third-order valence-electron chi connectivity index (χ3n) is 2.76. The van der Waals surface area contributed by atoms with Crippen molar-refractivity contribution in [3.05, 3.63) is 28.0 Å². The first kappa shape index (κ1) is 11.3. The van der Waals surface area contributed by atoms with Crippen LogP contribution >= 0.6 is 15.9 Å². The van der Waals surface area contributed by atoms with E-state index in [-0.39, 0.29) is 5.78 Å². The number of fused-ring (bicyclic) bond motifs is 1. The van der Waals surface area contributed by atoms with Crippen molar-refractivity contribution < 1.29 is 14.3 Å². The second-order valence-corrected chi connectivity index (χ2v) is 4.48. The number of hydrogen-bond acceptors (Lipinski definition) is 4. The molecule has 1 heterocycles. The van der Waals surface area contributed by atoms with E-state index in [2.05, 4.69) is 25.7 Å². The Morgan fingerprint density at radius 2 is 2.31 bits per heavy atom. The van der Waals surface area contributed by atoms with Crippen molar-refractivity contribution in [3.8, 4) is 0 Å². The molecule has 0 fully saturated rings. The first-order chi connectivity index (χ1) is 7.65. The number of esters is 1. The molecule has 0 spiro atoms. The van der Waals surface area contributed by atoms with Crippen molar-refractivity contribution in [2.24, 2.45) is 5.92 Å². The van der Waals surface area contributed by atoms with Gasteiger partial charge < -0.3 is 4.74 Å². The molecule has 1 atom stereocenters. The SMILES string of the molecule is COC(=O)C1CCc2c(Br)cncc2C1=O. The number of aromatic nitrogens is 1. The Morgan fingerprint density at radius 1 is 1.56 bits per heavy atom. The largest absolute Gasteiger partial charge is 0.468 e. The fourth-order valence-electron chi connectivity index (χ4n) is 1.90. The van der Waals surface area contributed by atoms with Crippen LogP contribution in [0.3, 0.4) is 0 Å². The molecule has 2 rings (SSSR count). The molecule has 0 N–H and O–H groups in total. The average Bonchev–Trinajstić information content (AvgIpc) is 2.30. The highest BCUT2D eigenvalue weighted by Gasteiger charge is 2.34. The van der Waals surface area contributed by atoms with Crippen LogP contribution in [0.2, 0.25) is 0 Å². The van der Waals surface area contributed by atoms with Crippen molar-refractivity contribution in [2.75, 3.05) is 7.11 Å². The Hall–Kier alpha value is -1.23. The first-order valence-electron chi connectivity index (χ1n) is 4.89. The molecule has 0 saturated carbocycles. The van der Waals surface area contributed by atoms with Gasteiger partial charge in [0.2, 0.25) is 0 Å². The van der Waals surface area contributed by atoms with Crippen LogP contribution in [-0.2, 0) is 16.0 Å². The standard InChI is InChI=1S/C11H10BrNO3/c1-16-11(15)7-3-2-6-8(10(7)14)4-13-5-9(6)12/h4-5,7H,2-3H2,1H3.